The topological polar surface area (TPSA) is 40.5 Å². The van der Waals surface area contributed by atoms with Crippen molar-refractivity contribution in [1.29, 1.82) is 0 Å². The SMILES string of the molecule is C=C1C[C@@]23CC[C@H]4[C@](C)(CO)CCC[C@@]4(C)[C@H]2CC[C@]1(O)C3. The molecule has 0 saturated heterocycles. The fraction of sp³-hybridized carbons (Fsp3) is 0.900. The normalized spacial score (nSPS) is 57.4. The van der Waals surface area contributed by atoms with Crippen molar-refractivity contribution >= 4 is 0 Å². The molecule has 0 amide bonds. The molecule has 2 nitrogen and oxygen atoms in total. The van der Waals surface area contributed by atoms with Gasteiger partial charge in [0, 0.05) is 6.61 Å². The van der Waals surface area contributed by atoms with Gasteiger partial charge in [0.1, 0.15) is 0 Å². The van der Waals surface area contributed by atoms with E-state index in [2.05, 4.69) is 20.4 Å². The molecule has 0 aromatic rings. The van der Waals surface area contributed by atoms with E-state index in [1.807, 2.05) is 0 Å². The Kier molecular flexibility index (Phi) is 3.03. The minimum Gasteiger partial charge on any atom is -0.396 e. The Morgan fingerprint density at radius 2 is 1.82 bits per heavy atom. The highest BCUT2D eigenvalue weighted by atomic mass is 16.3. The van der Waals surface area contributed by atoms with Gasteiger partial charge in [0.05, 0.1) is 5.60 Å². The number of aliphatic hydroxyl groups excluding tert-OH is 1. The summed E-state index contributed by atoms with van der Waals surface area (Å²) >= 11 is 0. The van der Waals surface area contributed by atoms with E-state index in [1.165, 1.54) is 32.1 Å². The minimum absolute atomic E-state index is 0.109. The lowest BCUT2D eigenvalue weighted by Crippen LogP contribution is -2.58. The van der Waals surface area contributed by atoms with Crippen LogP contribution in [0.5, 0.6) is 0 Å². The Bertz CT molecular complexity index is 514. The van der Waals surface area contributed by atoms with Gasteiger partial charge in [0.2, 0.25) is 0 Å². The second-order valence-electron chi connectivity index (χ2n) is 9.71. The standard InChI is InChI=1S/C20H32O2/c1-14-11-19-9-5-15-17(2,13-21)7-4-8-18(15,3)16(19)6-10-20(14,22)12-19/h15-16,21-22H,1,4-13H2,2-3H3/t15-,16+,17-,18+,19+,20-/m0/s1. The van der Waals surface area contributed by atoms with Crippen LogP contribution in [-0.4, -0.2) is 22.4 Å². The van der Waals surface area contributed by atoms with E-state index >= 15 is 0 Å². The second kappa shape index (κ2) is 4.39. The first kappa shape index (κ1) is 15.2. The van der Waals surface area contributed by atoms with Crippen LogP contribution in [-0.2, 0) is 0 Å². The van der Waals surface area contributed by atoms with Crippen molar-refractivity contribution in [3.63, 3.8) is 0 Å². The summed E-state index contributed by atoms with van der Waals surface area (Å²) in [7, 11) is 0. The first-order valence-corrected chi connectivity index (χ1v) is 9.30. The molecule has 2 N–H and O–H groups in total. The first-order chi connectivity index (χ1) is 10.3. The van der Waals surface area contributed by atoms with E-state index in [9.17, 15) is 10.2 Å². The largest absolute Gasteiger partial charge is 0.396 e. The molecular formula is C20H32O2. The molecule has 2 bridgehead atoms. The van der Waals surface area contributed by atoms with Crippen LogP contribution in [0.25, 0.3) is 0 Å². The molecule has 4 fully saturated rings. The van der Waals surface area contributed by atoms with E-state index in [0.29, 0.717) is 29.3 Å². The van der Waals surface area contributed by atoms with E-state index in [-0.39, 0.29) is 5.41 Å². The van der Waals surface area contributed by atoms with Crippen LogP contribution >= 0.6 is 0 Å². The molecule has 4 rings (SSSR count). The zero-order chi connectivity index (χ0) is 15.8. The van der Waals surface area contributed by atoms with Crippen molar-refractivity contribution in [3.05, 3.63) is 12.2 Å². The zero-order valence-corrected chi connectivity index (χ0v) is 14.3. The van der Waals surface area contributed by atoms with Gasteiger partial charge in [-0.1, -0.05) is 26.8 Å². The third-order valence-electron chi connectivity index (χ3n) is 8.64. The maximum absolute atomic E-state index is 10.9. The number of hydrogen-bond donors (Lipinski definition) is 2. The summed E-state index contributed by atoms with van der Waals surface area (Å²) in [5, 5.41) is 21.0. The molecule has 0 unspecified atom stereocenters. The van der Waals surface area contributed by atoms with Gasteiger partial charge in [-0.15, -0.1) is 0 Å². The average molecular weight is 304 g/mol. The van der Waals surface area contributed by atoms with Crippen LogP contribution < -0.4 is 0 Å². The van der Waals surface area contributed by atoms with Crippen molar-refractivity contribution in [3.8, 4) is 0 Å². The van der Waals surface area contributed by atoms with Gasteiger partial charge in [0.25, 0.3) is 0 Å². The van der Waals surface area contributed by atoms with Crippen molar-refractivity contribution < 1.29 is 10.2 Å². The lowest BCUT2D eigenvalue weighted by molar-refractivity contribution is -0.171. The second-order valence-corrected chi connectivity index (χ2v) is 9.71. The van der Waals surface area contributed by atoms with E-state index in [1.54, 1.807) is 0 Å². The lowest BCUT2D eigenvalue weighted by atomic mass is 9.41. The van der Waals surface area contributed by atoms with Crippen LogP contribution in [0.4, 0.5) is 0 Å². The van der Waals surface area contributed by atoms with Crippen LogP contribution in [0, 0.1) is 28.1 Å². The molecule has 1 spiro atoms. The number of rotatable bonds is 1. The highest BCUT2D eigenvalue weighted by Crippen LogP contribution is 2.72. The number of hydrogen-bond acceptors (Lipinski definition) is 2. The van der Waals surface area contributed by atoms with Crippen LogP contribution in [0.3, 0.4) is 0 Å². The molecule has 4 saturated carbocycles. The molecule has 6 atom stereocenters. The third-order valence-corrected chi connectivity index (χ3v) is 8.64. The summed E-state index contributed by atoms with van der Waals surface area (Å²) in [6, 6.07) is 0. The van der Waals surface area contributed by atoms with E-state index in [4.69, 9.17) is 0 Å². The molecule has 0 aromatic heterocycles. The quantitative estimate of drug-likeness (QED) is 0.717. The van der Waals surface area contributed by atoms with Gasteiger partial charge in [-0.05, 0) is 85.0 Å². The van der Waals surface area contributed by atoms with Gasteiger partial charge in [0.15, 0.2) is 0 Å². The van der Waals surface area contributed by atoms with E-state index in [0.717, 1.165) is 31.3 Å². The summed E-state index contributed by atoms with van der Waals surface area (Å²) in [5.41, 5.74) is 1.31. The highest BCUT2D eigenvalue weighted by molar-refractivity contribution is 5.29. The van der Waals surface area contributed by atoms with Crippen molar-refractivity contribution in [1.82, 2.24) is 0 Å². The molecule has 2 heteroatoms. The fourth-order valence-corrected chi connectivity index (χ4v) is 7.67. The summed E-state index contributed by atoms with van der Waals surface area (Å²) in [4.78, 5) is 0. The summed E-state index contributed by atoms with van der Waals surface area (Å²) < 4.78 is 0. The Labute approximate surface area is 135 Å². The zero-order valence-electron chi connectivity index (χ0n) is 14.3. The first-order valence-electron chi connectivity index (χ1n) is 9.30. The average Bonchev–Trinajstić information content (AvgIpc) is 2.64. The van der Waals surface area contributed by atoms with Gasteiger partial charge in [-0.25, -0.2) is 0 Å². The predicted molar refractivity (Wildman–Crippen MR) is 88.4 cm³/mol. The smallest absolute Gasteiger partial charge is 0.0860 e. The Morgan fingerprint density at radius 3 is 2.55 bits per heavy atom. The van der Waals surface area contributed by atoms with Crippen molar-refractivity contribution in [2.45, 2.75) is 77.2 Å². The summed E-state index contributed by atoms with van der Waals surface area (Å²) in [6.45, 7) is 9.41. The molecule has 0 aromatic carbocycles. The molecule has 124 valence electrons. The van der Waals surface area contributed by atoms with Crippen molar-refractivity contribution in [2.75, 3.05) is 6.61 Å². The van der Waals surface area contributed by atoms with Crippen molar-refractivity contribution in [2.24, 2.45) is 28.1 Å². The molecule has 22 heavy (non-hydrogen) atoms. The monoisotopic (exact) mass is 304 g/mol. The van der Waals surface area contributed by atoms with Gasteiger partial charge in [-0.3, -0.25) is 0 Å². The highest BCUT2D eigenvalue weighted by Gasteiger charge is 2.66. The lowest BCUT2D eigenvalue weighted by Gasteiger charge is -2.64. The fourth-order valence-electron chi connectivity index (χ4n) is 7.67. The molecule has 4 aliphatic carbocycles. The molecular weight excluding hydrogens is 272 g/mol. The van der Waals surface area contributed by atoms with Gasteiger partial charge < -0.3 is 10.2 Å². The molecule has 0 heterocycles. The van der Waals surface area contributed by atoms with Crippen LogP contribution in [0.2, 0.25) is 0 Å². The summed E-state index contributed by atoms with van der Waals surface area (Å²) in [5.74, 6) is 1.36. The predicted octanol–water partition coefficient (Wildman–Crippen LogP) is 4.06. The van der Waals surface area contributed by atoms with Crippen LogP contribution in [0.15, 0.2) is 12.2 Å². The maximum Gasteiger partial charge on any atom is 0.0860 e. The Hall–Kier alpha value is -0.340. The Morgan fingerprint density at radius 1 is 1.09 bits per heavy atom. The maximum atomic E-state index is 10.9. The molecule has 0 aliphatic heterocycles. The molecule has 4 aliphatic rings. The number of fused-ring (bicyclic) bond motifs is 3. The molecule has 0 radical (unpaired) electrons. The van der Waals surface area contributed by atoms with Gasteiger partial charge in [-0.2, -0.15) is 0 Å². The minimum atomic E-state index is -0.561. The number of aliphatic hydroxyl groups is 2. The van der Waals surface area contributed by atoms with Gasteiger partial charge >= 0.3 is 0 Å². The van der Waals surface area contributed by atoms with E-state index < -0.39 is 5.60 Å². The summed E-state index contributed by atoms with van der Waals surface area (Å²) in [6.07, 6.45) is 10.3. The van der Waals surface area contributed by atoms with Crippen LogP contribution in [0.1, 0.15) is 71.6 Å². The third kappa shape index (κ3) is 1.69. The Balaban J connectivity index is 1.74.